The second-order valence-electron chi connectivity index (χ2n) is 9.11. The maximum Gasteiger partial charge on any atom is 0.434 e. The molecule has 222 valence electrons. The number of nitrogens with one attached hydrogen (secondary N) is 2. The van der Waals surface area contributed by atoms with E-state index in [4.69, 9.17) is 4.74 Å². The van der Waals surface area contributed by atoms with E-state index in [9.17, 15) is 32.7 Å². The predicted molar refractivity (Wildman–Crippen MR) is 153 cm³/mol. The zero-order valence-corrected chi connectivity index (χ0v) is 23.7. The van der Waals surface area contributed by atoms with Crippen molar-refractivity contribution in [2.45, 2.75) is 39.4 Å². The normalized spacial score (nSPS) is 12.3. The minimum Gasteiger partial charge on any atom is -0.462 e. The summed E-state index contributed by atoms with van der Waals surface area (Å²) in [5.41, 5.74) is -0.479. The molecule has 14 heteroatoms. The molecule has 4 aromatic rings. The van der Waals surface area contributed by atoms with Crippen LogP contribution < -0.4 is 16.1 Å². The number of hydrogen-bond acceptors (Lipinski definition) is 8. The van der Waals surface area contributed by atoms with Gasteiger partial charge in [0.15, 0.2) is 5.69 Å². The number of hydrogen-bond donors (Lipinski definition) is 3. The van der Waals surface area contributed by atoms with Gasteiger partial charge in [0.25, 0.3) is 0 Å². The molecule has 0 saturated carbocycles. The van der Waals surface area contributed by atoms with Crippen LogP contribution >= 0.6 is 11.3 Å². The van der Waals surface area contributed by atoms with E-state index in [2.05, 4.69) is 20.6 Å². The summed E-state index contributed by atoms with van der Waals surface area (Å²) in [6, 6.07) is 5.21. The first kappa shape index (κ1) is 30.7. The number of nitrogens with zero attached hydrogens (tertiary/aromatic N) is 3. The Bertz CT molecular complexity index is 1680. The van der Waals surface area contributed by atoms with Gasteiger partial charge in [0.1, 0.15) is 16.4 Å². The maximum absolute atomic E-state index is 13.5. The quantitative estimate of drug-likeness (QED) is 0.216. The molecule has 0 unspecified atom stereocenters. The molecule has 3 N–H and O–H groups in total. The number of rotatable bonds is 9. The van der Waals surface area contributed by atoms with E-state index in [0.29, 0.717) is 29.6 Å². The number of amides is 2. The number of aliphatic hydroxyl groups excluding tert-OH is 1. The second-order valence-corrected chi connectivity index (χ2v) is 9.97. The van der Waals surface area contributed by atoms with Gasteiger partial charge in [-0.25, -0.2) is 19.6 Å². The molecule has 2 amide bonds. The fourth-order valence-corrected chi connectivity index (χ4v) is 5.23. The highest BCUT2D eigenvalue weighted by Gasteiger charge is 2.34. The number of thiazole rings is 1. The SMILES string of the molecule is CCNC(=O)Nc1cc(-c2nc(C(F)(F)F)cs2)c(-c2ccc3c(c2)c(=O)c(C(=O)OCC)cn3[C@@H](CC)CO)cn1. The van der Waals surface area contributed by atoms with E-state index in [-0.39, 0.29) is 40.6 Å². The molecule has 1 aromatic carbocycles. The Kier molecular flexibility index (Phi) is 9.27. The van der Waals surface area contributed by atoms with Crippen LogP contribution in [0.15, 0.2) is 46.8 Å². The topological polar surface area (TPSA) is 135 Å². The highest BCUT2D eigenvalue weighted by atomic mass is 32.1. The van der Waals surface area contributed by atoms with Crippen LogP contribution in [0.2, 0.25) is 0 Å². The molecular formula is C28H28F3N5O5S. The summed E-state index contributed by atoms with van der Waals surface area (Å²) in [7, 11) is 0. The number of pyridine rings is 2. The van der Waals surface area contributed by atoms with Gasteiger partial charge < -0.3 is 19.7 Å². The lowest BCUT2D eigenvalue weighted by Crippen LogP contribution is -2.28. The zero-order chi connectivity index (χ0) is 30.6. The number of ether oxygens (including phenoxy) is 1. The van der Waals surface area contributed by atoms with Crippen molar-refractivity contribution >= 4 is 40.1 Å². The van der Waals surface area contributed by atoms with Crippen molar-refractivity contribution in [1.82, 2.24) is 19.9 Å². The van der Waals surface area contributed by atoms with Crippen LogP contribution in [0.3, 0.4) is 0 Å². The molecule has 0 saturated heterocycles. The Labute approximate surface area is 242 Å². The number of alkyl halides is 3. The molecule has 0 aliphatic carbocycles. The Balaban J connectivity index is 1.95. The number of halogens is 3. The standard InChI is InChI=1S/C28H28F3N5O5S/c1-4-16(13-37)36-12-20(26(39)41-6-3)24(38)18-9-15(7-8-21(18)36)19-11-33-23(35-27(40)32-5-2)10-17(19)25-34-22(14-42-25)28(29,30)31/h7-12,14,16,37H,4-6,13H2,1-3H3,(H2,32,33,35,40)/t16-/m0/s1. The predicted octanol–water partition coefficient (Wildman–Crippen LogP) is 5.47. The number of fused-ring (bicyclic) bond motifs is 1. The van der Waals surface area contributed by atoms with Crippen LogP contribution in [0.5, 0.6) is 0 Å². The number of esters is 1. The van der Waals surface area contributed by atoms with E-state index in [0.717, 1.165) is 16.7 Å². The Hall–Kier alpha value is -4.30. The van der Waals surface area contributed by atoms with Gasteiger partial charge in [-0.2, -0.15) is 13.2 Å². The van der Waals surface area contributed by atoms with Gasteiger partial charge in [-0.05, 0) is 44.0 Å². The summed E-state index contributed by atoms with van der Waals surface area (Å²) in [5, 5.41) is 16.1. The van der Waals surface area contributed by atoms with Gasteiger partial charge in [-0.15, -0.1) is 11.3 Å². The van der Waals surface area contributed by atoms with Crippen molar-refractivity contribution in [2.24, 2.45) is 0 Å². The van der Waals surface area contributed by atoms with Crippen LogP contribution in [0, 0.1) is 0 Å². The number of anilines is 1. The Morgan fingerprint density at radius 2 is 1.93 bits per heavy atom. The van der Waals surface area contributed by atoms with Crippen LogP contribution in [-0.2, 0) is 10.9 Å². The van der Waals surface area contributed by atoms with Crippen LogP contribution in [0.25, 0.3) is 32.6 Å². The third kappa shape index (κ3) is 6.29. The molecule has 0 radical (unpaired) electrons. The number of carbonyl (C=O) groups excluding carboxylic acids is 2. The lowest BCUT2D eigenvalue weighted by molar-refractivity contribution is -0.140. The van der Waals surface area contributed by atoms with Gasteiger partial charge in [-0.3, -0.25) is 10.1 Å². The summed E-state index contributed by atoms with van der Waals surface area (Å²) >= 11 is 0.765. The lowest BCUT2D eigenvalue weighted by Gasteiger charge is -2.21. The minimum atomic E-state index is -4.66. The van der Waals surface area contributed by atoms with Gasteiger partial charge >= 0.3 is 18.2 Å². The molecule has 10 nitrogen and oxygen atoms in total. The van der Waals surface area contributed by atoms with Crippen molar-refractivity contribution in [3.8, 4) is 21.7 Å². The van der Waals surface area contributed by atoms with Crippen LogP contribution in [0.1, 0.15) is 49.3 Å². The number of urea groups is 1. The largest absolute Gasteiger partial charge is 0.462 e. The fourth-order valence-electron chi connectivity index (χ4n) is 4.37. The highest BCUT2D eigenvalue weighted by molar-refractivity contribution is 7.13. The highest BCUT2D eigenvalue weighted by Crippen LogP contribution is 2.39. The van der Waals surface area contributed by atoms with Gasteiger partial charge in [-0.1, -0.05) is 13.0 Å². The lowest BCUT2D eigenvalue weighted by atomic mass is 9.99. The van der Waals surface area contributed by atoms with Crippen LogP contribution in [-0.4, -0.2) is 51.4 Å². The first-order valence-electron chi connectivity index (χ1n) is 13.1. The molecule has 0 aliphatic rings. The molecule has 4 rings (SSSR count). The van der Waals surface area contributed by atoms with Crippen molar-refractivity contribution in [1.29, 1.82) is 0 Å². The summed E-state index contributed by atoms with van der Waals surface area (Å²) in [4.78, 5) is 46.3. The first-order valence-corrected chi connectivity index (χ1v) is 13.9. The van der Waals surface area contributed by atoms with Gasteiger partial charge in [0, 0.05) is 40.8 Å². The first-order chi connectivity index (χ1) is 20.0. The van der Waals surface area contributed by atoms with E-state index < -0.39 is 35.3 Å². The monoisotopic (exact) mass is 603 g/mol. The molecule has 0 aliphatic heterocycles. The van der Waals surface area contributed by atoms with E-state index in [1.165, 1.54) is 24.5 Å². The molecule has 0 fully saturated rings. The zero-order valence-electron chi connectivity index (χ0n) is 22.9. The number of aliphatic hydroxyl groups is 1. The summed E-state index contributed by atoms with van der Waals surface area (Å²) < 4.78 is 46.9. The van der Waals surface area contributed by atoms with E-state index in [1.807, 2.05) is 6.92 Å². The molecular weight excluding hydrogens is 575 g/mol. The van der Waals surface area contributed by atoms with Crippen molar-refractivity contribution in [3.63, 3.8) is 0 Å². The minimum absolute atomic E-state index is 0.0165. The van der Waals surface area contributed by atoms with Crippen molar-refractivity contribution < 1.29 is 32.6 Å². The van der Waals surface area contributed by atoms with Gasteiger partial charge in [0.2, 0.25) is 5.43 Å². The Morgan fingerprint density at radius 1 is 1.17 bits per heavy atom. The third-order valence-corrected chi connectivity index (χ3v) is 7.30. The fraction of sp³-hybridized carbons (Fsp3) is 0.321. The summed E-state index contributed by atoms with van der Waals surface area (Å²) in [5.74, 6) is -0.744. The third-order valence-electron chi connectivity index (χ3n) is 6.42. The Morgan fingerprint density at radius 3 is 2.55 bits per heavy atom. The van der Waals surface area contributed by atoms with Crippen LogP contribution in [0.4, 0.5) is 23.8 Å². The van der Waals surface area contributed by atoms with Crippen molar-refractivity contribution in [2.75, 3.05) is 25.1 Å². The number of aromatic nitrogens is 3. The average molecular weight is 604 g/mol. The molecule has 3 aromatic heterocycles. The molecule has 1 atom stereocenters. The molecule has 0 spiro atoms. The van der Waals surface area contributed by atoms with E-state index in [1.54, 1.807) is 30.5 Å². The molecule has 42 heavy (non-hydrogen) atoms. The smallest absolute Gasteiger partial charge is 0.434 e. The molecule has 3 heterocycles. The maximum atomic E-state index is 13.5. The van der Waals surface area contributed by atoms with E-state index >= 15 is 0 Å². The number of benzene rings is 1. The summed E-state index contributed by atoms with van der Waals surface area (Å²) in [6.07, 6.45) is -1.43. The molecule has 0 bridgehead atoms. The average Bonchev–Trinajstić information content (AvgIpc) is 3.46. The summed E-state index contributed by atoms with van der Waals surface area (Å²) in [6.45, 7) is 5.32. The van der Waals surface area contributed by atoms with Crippen molar-refractivity contribution in [3.05, 3.63) is 63.5 Å². The second kappa shape index (κ2) is 12.7. The number of carbonyl (C=O) groups is 2. The van der Waals surface area contributed by atoms with Gasteiger partial charge in [0.05, 0.1) is 24.8 Å².